The number of nitrogens with zero attached hydrogens (tertiary/aromatic N) is 2. The monoisotopic (exact) mass is 396 g/mol. The largest absolute Gasteiger partial charge is 0.481 e. The lowest BCUT2D eigenvalue weighted by molar-refractivity contribution is 0.194. The second-order valence-corrected chi connectivity index (χ2v) is 5.27. The van der Waals surface area contributed by atoms with Crippen LogP contribution in [-0.4, -0.2) is 29.3 Å². The molecule has 2 rings (SSSR count). The molecular weight excluding hydrogens is 376 g/mol. The van der Waals surface area contributed by atoms with Crippen LogP contribution in [0.5, 0.6) is 11.6 Å². The molecule has 0 fully saturated rings. The van der Waals surface area contributed by atoms with Gasteiger partial charge in [-0.3, -0.25) is 10.6 Å². The van der Waals surface area contributed by atoms with E-state index in [-0.39, 0.29) is 23.4 Å². The smallest absolute Gasteiger partial charge is 0.419 e. The summed E-state index contributed by atoms with van der Waals surface area (Å²) < 4.78 is 15.3. The number of carbonyl (C=O) groups excluding carboxylic acids is 2. The Bertz CT molecular complexity index is 926. The molecule has 1 aromatic carbocycles. The summed E-state index contributed by atoms with van der Waals surface area (Å²) in [5.41, 5.74) is 0. The molecule has 150 valence electrons. The maximum Gasteiger partial charge on any atom is 0.419 e. The van der Waals surface area contributed by atoms with E-state index in [2.05, 4.69) is 27.2 Å². The van der Waals surface area contributed by atoms with E-state index in [9.17, 15) is 9.59 Å². The first-order valence-corrected chi connectivity index (χ1v) is 8.45. The Morgan fingerprint density at radius 3 is 2.52 bits per heavy atom. The van der Waals surface area contributed by atoms with Gasteiger partial charge < -0.3 is 14.2 Å². The molecule has 0 spiro atoms. The first-order chi connectivity index (χ1) is 14.0. The van der Waals surface area contributed by atoms with Crippen LogP contribution in [0.15, 0.2) is 73.0 Å². The number of rotatable bonds is 7. The molecule has 1 heterocycles. The predicted octanol–water partition coefficient (Wildman–Crippen LogP) is 4.29. The summed E-state index contributed by atoms with van der Waals surface area (Å²) in [6.45, 7) is 5.32. The number of hydrogen-bond acceptors (Lipinski definition) is 7. The van der Waals surface area contributed by atoms with Crippen LogP contribution in [0.1, 0.15) is 6.92 Å². The van der Waals surface area contributed by atoms with Crippen LogP contribution in [-0.2, 0) is 4.74 Å². The van der Waals surface area contributed by atoms with Crippen molar-refractivity contribution < 1.29 is 23.8 Å². The molecule has 1 aromatic heterocycles. The van der Waals surface area contributed by atoms with Gasteiger partial charge in [0.15, 0.2) is 0 Å². The number of para-hydroxylation sites is 1. The van der Waals surface area contributed by atoms with Gasteiger partial charge >= 0.3 is 12.2 Å². The molecule has 9 heteroatoms. The highest BCUT2D eigenvalue weighted by atomic mass is 16.6. The SMILES string of the molecule is C=C/C=C(\C=C/C)OC(=O)Nc1nc(NC(=O)Oc2ccccc2)cc(OC)n1. The zero-order valence-corrected chi connectivity index (χ0v) is 15.9. The van der Waals surface area contributed by atoms with Crippen molar-refractivity contribution >= 4 is 24.0 Å². The van der Waals surface area contributed by atoms with Crippen LogP contribution in [0.2, 0.25) is 0 Å². The summed E-state index contributed by atoms with van der Waals surface area (Å²) in [6, 6.07) is 9.87. The van der Waals surface area contributed by atoms with Crippen LogP contribution < -0.4 is 20.1 Å². The van der Waals surface area contributed by atoms with Gasteiger partial charge in [0.2, 0.25) is 11.8 Å². The van der Waals surface area contributed by atoms with E-state index in [0.29, 0.717) is 5.75 Å². The topological polar surface area (TPSA) is 112 Å². The molecule has 0 aliphatic rings. The van der Waals surface area contributed by atoms with Crippen molar-refractivity contribution in [3.05, 3.63) is 73.0 Å². The normalized spacial score (nSPS) is 10.9. The fourth-order valence-electron chi connectivity index (χ4n) is 2.00. The van der Waals surface area contributed by atoms with Crippen LogP contribution in [0.3, 0.4) is 0 Å². The van der Waals surface area contributed by atoms with Crippen molar-refractivity contribution in [3.63, 3.8) is 0 Å². The molecule has 0 aliphatic heterocycles. The number of anilines is 2. The molecule has 0 saturated carbocycles. The quantitative estimate of drug-likeness (QED) is 0.530. The molecule has 0 unspecified atom stereocenters. The lowest BCUT2D eigenvalue weighted by Gasteiger charge is -2.10. The first-order valence-electron chi connectivity index (χ1n) is 8.45. The van der Waals surface area contributed by atoms with E-state index < -0.39 is 12.2 Å². The van der Waals surface area contributed by atoms with Crippen molar-refractivity contribution in [1.29, 1.82) is 0 Å². The molecule has 2 N–H and O–H groups in total. The zero-order valence-electron chi connectivity index (χ0n) is 15.9. The van der Waals surface area contributed by atoms with E-state index in [1.165, 1.54) is 25.3 Å². The molecule has 0 saturated heterocycles. The van der Waals surface area contributed by atoms with Crippen molar-refractivity contribution in [1.82, 2.24) is 9.97 Å². The minimum Gasteiger partial charge on any atom is -0.481 e. The third kappa shape index (κ3) is 7.18. The fraction of sp³-hybridized carbons (Fsp3) is 0.100. The Hall–Kier alpha value is -4.14. The lowest BCUT2D eigenvalue weighted by atomic mass is 10.3. The molecule has 0 aliphatic carbocycles. The zero-order chi connectivity index (χ0) is 21.1. The number of ether oxygens (including phenoxy) is 3. The van der Waals surface area contributed by atoms with Crippen LogP contribution in [0.4, 0.5) is 21.4 Å². The third-order valence-electron chi connectivity index (χ3n) is 3.13. The Balaban J connectivity index is 2.09. The lowest BCUT2D eigenvalue weighted by Crippen LogP contribution is -2.19. The number of nitrogens with one attached hydrogen (secondary N) is 2. The van der Waals surface area contributed by atoms with Gasteiger partial charge in [-0.2, -0.15) is 9.97 Å². The molecule has 0 bridgehead atoms. The van der Waals surface area contributed by atoms with Gasteiger partial charge in [0.25, 0.3) is 0 Å². The van der Waals surface area contributed by atoms with E-state index in [0.717, 1.165) is 0 Å². The number of hydrogen-bond donors (Lipinski definition) is 2. The predicted molar refractivity (Wildman–Crippen MR) is 108 cm³/mol. The van der Waals surface area contributed by atoms with Gasteiger partial charge in [0.1, 0.15) is 17.3 Å². The molecule has 2 amide bonds. The number of benzene rings is 1. The van der Waals surface area contributed by atoms with E-state index in [1.54, 1.807) is 49.4 Å². The van der Waals surface area contributed by atoms with E-state index >= 15 is 0 Å². The molecular formula is C20H20N4O5. The maximum atomic E-state index is 12.1. The molecule has 0 atom stereocenters. The summed E-state index contributed by atoms with van der Waals surface area (Å²) >= 11 is 0. The average Bonchev–Trinajstić information content (AvgIpc) is 2.68. The second kappa shape index (κ2) is 10.9. The number of methoxy groups -OCH3 is 1. The standard InChI is InChI=1S/C20H20N4O5/c1-4-9-14(10-5-2)28-20(26)24-18-21-16(13-17(23-18)27-3)22-19(25)29-15-11-7-6-8-12-15/h4-13H,1H2,2-3H3,(H2,21,22,23,24,25,26)/b10-5-,14-9+. The van der Waals surface area contributed by atoms with Crippen molar-refractivity contribution in [2.75, 3.05) is 17.7 Å². The Labute approximate surface area is 167 Å². The van der Waals surface area contributed by atoms with Gasteiger partial charge in [-0.15, -0.1) is 0 Å². The Morgan fingerprint density at radius 2 is 1.86 bits per heavy atom. The molecule has 9 nitrogen and oxygen atoms in total. The van der Waals surface area contributed by atoms with Crippen molar-refractivity contribution in [3.8, 4) is 11.6 Å². The summed E-state index contributed by atoms with van der Waals surface area (Å²) in [4.78, 5) is 32.1. The minimum absolute atomic E-state index is 0.0587. The minimum atomic E-state index is -0.831. The highest BCUT2D eigenvalue weighted by Crippen LogP contribution is 2.17. The number of aromatic nitrogens is 2. The first kappa shape index (κ1) is 21.2. The number of amides is 2. The summed E-state index contributed by atoms with van der Waals surface area (Å²) in [7, 11) is 1.38. The van der Waals surface area contributed by atoms with Gasteiger partial charge in [0, 0.05) is 6.07 Å². The second-order valence-electron chi connectivity index (χ2n) is 5.27. The summed E-state index contributed by atoms with van der Waals surface area (Å²) in [5.74, 6) is 0.665. The van der Waals surface area contributed by atoms with Gasteiger partial charge in [0.05, 0.1) is 7.11 Å². The van der Waals surface area contributed by atoms with Gasteiger partial charge in [-0.1, -0.05) is 36.9 Å². The van der Waals surface area contributed by atoms with Crippen LogP contribution >= 0.6 is 0 Å². The Morgan fingerprint density at radius 1 is 1.10 bits per heavy atom. The van der Waals surface area contributed by atoms with E-state index in [1.807, 2.05) is 0 Å². The number of allylic oxidation sites excluding steroid dienone is 4. The molecule has 0 radical (unpaired) electrons. The highest BCUT2D eigenvalue weighted by molar-refractivity contribution is 5.87. The molecule has 29 heavy (non-hydrogen) atoms. The van der Waals surface area contributed by atoms with E-state index in [4.69, 9.17) is 14.2 Å². The maximum absolute atomic E-state index is 12.1. The van der Waals surface area contributed by atoms with Crippen LogP contribution in [0, 0.1) is 0 Å². The highest BCUT2D eigenvalue weighted by Gasteiger charge is 2.13. The van der Waals surface area contributed by atoms with Crippen LogP contribution in [0.25, 0.3) is 0 Å². The Kier molecular flexibility index (Phi) is 7.94. The van der Waals surface area contributed by atoms with Gasteiger partial charge in [-0.05, 0) is 31.2 Å². The van der Waals surface area contributed by atoms with Gasteiger partial charge in [-0.25, -0.2) is 9.59 Å². The fourth-order valence-corrected chi connectivity index (χ4v) is 2.00. The average molecular weight is 396 g/mol. The summed E-state index contributed by atoms with van der Waals surface area (Å²) in [5, 5.41) is 4.80. The van der Waals surface area contributed by atoms with Crippen molar-refractivity contribution in [2.45, 2.75) is 6.92 Å². The third-order valence-corrected chi connectivity index (χ3v) is 3.13. The van der Waals surface area contributed by atoms with Crippen molar-refractivity contribution in [2.24, 2.45) is 0 Å². The summed E-state index contributed by atoms with van der Waals surface area (Å²) in [6.07, 6.45) is 4.67. The molecule has 2 aromatic rings. The number of carbonyl (C=O) groups is 2.